The zero-order valence-electron chi connectivity index (χ0n) is 21.1. The average molecular weight is 506 g/mol. The molecule has 0 radical (unpaired) electrons. The average Bonchev–Trinajstić information content (AvgIpc) is 3.62. The number of benzene rings is 1. The van der Waals surface area contributed by atoms with Gasteiger partial charge in [0.05, 0.1) is 31.6 Å². The van der Waals surface area contributed by atoms with E-state index in [1.165, 1.54) is 5.56 Å². The Balaban J connectivity index is 1.20. The van der Waals surface area contributed by atoms with Crippen molar-refractivity contribution in [2.75, 3.05) is 44.3 Å². The van der Waals surface area contributed by atoms with E-state index in [0.717, 1.165) is 30.8 Å². The standard InChI is InChI=1S/C27H31N5O5/c1-18-12-20(30-10-8-26(2,15-30)19-6-4-3-5-7-19)13-32-23(18)28-22(29-32)24(33)31-11-9-27(16-31)17-36-14-21(37-27)25(34)35/h3-7,12-13,21H,8-11,14-17H2,1-2H3,(H,34,35)/t21?,26-,27?/m0/s1. The van der Waals surface area contributed by atoms with E-state index in [4.69, 9.17) is 9.47 Å². The molecule has 3 atom stereocenters. The molecule has 3 aliphatic heterocycles. The van der Waals surface area contributed by atoms with Gasteiger partial charge in [-0.15, -0.1) is 5.10 Å². The van der Waals surface area contributed by atoms with Crippen molar-refractivity contribution in [3.63, 3.8) is 0 Å². The van der Waals surface area contributed by atoms with Gasteiger partial charge in [0.25, 0.3) is 5.91 Å². The summed E-state index contributed by atoms with van der Waals surface area (Å²) in [7, 11) is 0. The summed E-state index contributed by atoms with van der Waals surface area (Å²) in [4.78, 5) is 33.2. The van der Waals surface area contributed by atoms with Gasteiger partial charge in [-0.2, -0.15) is 0 Å². The second kappa shape index (κ2) is 8.81. The lowest BCUT2D eigenvalue weighted by Crippen LogP contribution is -2.52. The number of hydrogen-bond acceptors (Lipinski definition) is 7. The van der Waals surface area contributed by atoms with Crippen LogP contribution in [0.4, 0.5) is 5.69 Å². The van der Waals surface area contributed by atoms with Gasteiger partial charge >= 0.3 is 5.97 Å². The molecule has 3 aromatic rings. The molecule has 1 spiro atoms. The van der Waals surface area contributed by atoms with Crippen molar-refractivity contribution in [3.05, 3.63) is 59.5 Å². The zero-order valence-corrected chi connectivity index (χ0v) is 21.1. The number of aryl methyl sites for hydroxylation is 1. The number of aliphatic carboxylic acids is 1. The van der Waals surface area contributed by atoms with Crippen LogP contribution in [0.15, 0.2) is 42.6 Å². The summed E-state index contributed by atoms with van der Waals surface area (Å²) in [6, 6.07) is 12.7. The van der Waals surface area contributed by atoms with E-state index in [1.54, 1.807) is 9.42 Å². The molecular weight excluding hydrogens is 474 g/mol. The van der Waals surface area contributed by atoms with Gasteiger partial charge < -0.3 is 24.4 Å². The minimum Gasteiger partial charge on any atom is -0.479 e. The molecule has 2 unspecified atom stereocenters. The molecule has 194 valence electrons. The number of carboxylic acid groups (broad SMARTS) is 1. The normalized spacial score (nSPS) is 27.9. The lowest BCUT2D eigenvalue weighted by molar-refractivity contribution is -0.206. The van der Waals surface area contributed by atoms with Gasteiger partial charge in [-0.25, -0.2) is 14.3 Å². The number of pyridine rings is 1. The van der Waals surface area contributed by atoms with Crippen molar-refractivity contribution in [2.45, 2.75) is 43.8 Å². The van der Waals surface area contributed by atoms with Gasteiger partial charge in [0.2, 0.25) is 5.82 Å². The third-order valence-electron chi connectivity index (χ3n) is 8.01. The molecule has 1 amide bonds. The van der Waals surface area contributed by atoms with Crippen LogP contribution in [0.5, 0.6) is 0 Å². The highest BCUT2D eigenvalue weighted by Gasteiger charge is 2.47. The summed E-state index contributed by atoms with van der Waals surface area (Å²) in [5, 5.41) is 13.9. The van der Waals surface area contributed by atoms with Gasteiger partial charge in [0.1, 0.15) is 5.60 Å². The van der Waals surface area contributed by atoms with Gasteiger partial charge in [0.15, 0.2) is 11.8 Å². The molecule has 0 saturated carbocycles. The van der Waals surface area contributed by atoms with Gasteiger partial charge in [-0.05, 0) is 37.0 Å². The number of fused-ring (bicyclic) bond motifs is 1. The Labute approximate surface area is 214 Å². The molecule has 5 heterocycles. The number of aromatic nitrogens is 3. The summed E-state index contributed by atoms with van der Waals surface area (Å²) in [5.74, 6) is -1.22. The number of anilines is 1. The lowest BCUT2D eigenvalue weighted by Gasteiger charge is -2.36. The Morgan fingerprint density at radius 1 is 1.14 bits per heavy atom. The number of carbonyl (C=O) groups is 2. The fourth-order valence-electron chi connectivity index (χ4n) is 5.87. The van der Waals surface area contributed by atoms with Gasteiger partial charge in [-0.3, -0.25) is 4.79 Å². The van der Waals surface area contributed by atoms with Crippen LogP contribution in [0.3, 0.4) is 0 Å². The molecule has 10 heteroatoms. The van der Waals surface area contributed by atoms with E-state index < -0.39 is 17.7 Å². The summed E-state index contributed by atoms with van der Waals surface area (Å²) in [6.07, 6.45) is 2.49. The van der Waals surface area contributed by atoms with Crippen molar-refractivity contribution in [3.8, 4) is 0 Å². The fourth-order valence-corrected chi connectivity index (χ4v) is 5.87. The minimum absolute atomic E-state index is 0.0160. The maximum absolute atomic E-state index is 13.3. The van der Waals surface area contributed by atoms with Gasteiger partial charge in [0, 0.05) is 25.0 Å². The van der Waals surface area contributed by atoms with Crippen LogP contribution in [0.2, 0.25) is 0 Å². The molecule has 1 aromatic carbocycles. The van der Waals surface area contributed by atoms with Crippen molar-refractivity contribution in [1.29, 1.82) is 0 Å². The van der Waals surface area contributed by atoms with E-state index in [2.05, 4.69) is 52.2 Å². The molecule has 6 rings (SSSR count). The number of amides is 1. The first-order valence-corrected chi connectivity index (χ1v) is 12.7. The van der Waals surface area contributed by atoms with Crippen molar-refractivity contribution in [1.82, 2.24) is 19.5 Å². The fraction of sp³-hybridized carbons (Fsp3) is 0.481. The Morgan fingerprint density at radius 2 is 1.95 bits per heavy atom. The summed E-state index contributed by atoms with van der Waals surface area (Å²) < 4.78 is 13.0. The third kappa shape index (κ3) is 4.23. The molecule has 0 bridgehead atoms. The maximum Gasteiger partial charge on any atom is 0.335 e. The predicted molar refractivity (Wildman–Crippen MR) is 135 cm³/mol. The van der Waals surface area contributed by atoms with E-state index >= 15 is 0 Å². The largest absolute Gasteiger partial charge is 0.479 e. The molecule has 0 aliphatic carbocycles. The van der Waals surface area contributed by atoms with Crippen LogP contribution in [-0.2, 0) is 19.7 Å². The van der Waals surface area contributed by atoms with Crippen molar-refractivity contribution >= 4 is 23.2 Å². The smallest absolute Gasteiger partial charge is 0.335 e. The number of nitrogens with zero attached hydrogens (tertiary/aromatic N) is 5. The summed E-state index contributed by atoms with van der Waals surface area (Å²) in [5.41, 5.74) is 3.26. The highest BCUT2D eigenvalue weighted by atomic mass is 16.6. The zero-order chi connectivity index (χ0) is 25.8. The van der Waals surface area contributed by atoms with Crippen LogP contribution in [0.25, 0.3) is 5.65 Å². The number of rotatable bonds is 4. The molecular formula is C27H31N5O5. The topological polar surface area (TPSA) is 110 Å². The molecule has 1 N–H and O–H groups in total. The first-order valence-electron chi connectivity index (χ1n) is 12.7. The number of ether oxygens (including phenoxy) is 2. The lowest BCUT2D eigenvalue weighted by atomic mass is 9.82. The van der Waals surface area contributed by atoms with Gasteiger partial charge in [-0.1, -0.05) is 37.3 Å². The van der Waals surface area contributed by atoms with Crippen molar-refractivity contribution in [2.24, 2.45) is 0 Å². The second-order valence-corrected chi connectivity index (χ2v) is 10.8. The number of likely N-dealkylation sites (tertiary alicyclic amines) is 1. The highest BCUT2D eigenvalue weighted by molar-refractivity contribution is 5.91. The Hall–Kier alpha value is -3.50. The molecule has 10 nitrogen and oxygen atoms in total. The van der Waals surface area contributed by atoms with Crippen molar-refractivity contribution < 1.29 is 24.2 Å². The molecule has 37 heavy (non-hydrogen) atoms. The molecule has 3 fully saturated rings. The van der Waals surface area contributed by atoms with E-state index in [1.807, 2.05) is 19.2 Å². The first kappa shape index (κ1) is 23.9. The molecule has 3 aliphatic rings. The maximum atomic E-state index is 13.3. The van der Waals surface area contributed by atoms with Crippen LogP contribution in [0.1, 0.15) is 41.5 Å². The predicted octanol–water partition coefficient (Wildman–Crippen LogP) is 2.29. The monoisotopic (exact) mass is 505 g/mol. The molecule has 2 aromatic heterocycles. The number of carbonyl (C=O) groups excluding carboxylic acids is 1. The van der Waals surface area contributed by atoms with E-state index in [-0.39, 0.29) is 36.9 Å². The Morgan fingerprint density at radius 3 is 2.73 bits per heavy atom. The van der Waals surface area contributed by atoms with Crippen LogP contribution >= 0.6 is 0 Å². The highest BCUT2D eigenvalue weighted by Crippen LogP contribution is 2.37. The van der Waals surface area contributed by atoms with Crippen LogP contribution < -0.4 is 4.90 Å². The van der Waals surface area contributed by atoms with Crippen LogP contribution in [0, 0.1) is 6.92 Å². The quantitative estimate of drug-likeness (QED) is 0.575. The Kier molecular flexibility index (Phi) is 5.68. The summed E-state index contributed by atoms with van der Waals surface area (Å²) >= 11 is 0. The second-order valence-electron chi connectivity index (χ2n) is 10.8. The summed E-state index contributed by atoms with van der Waals surface area (Å²) in [6.45, 7) is 7.09. The number of hydrogen-bond donors (Lipinski definition) is 1. The van der Waals surface area contributed by atoms with E-state index in [0.29, 0.717) is 18.6 Å². The van der Waals surface area contributed by atoms with Crippen LogP contribution in [-0.4, -0.2) is 87.6 Å². The first-order chi connectivity index (χ1) is 17.8. The number of carboxylic acids is 1. The van der Waals surface area contributed by atoms with E-state index in [9.17, 15) is 14.7 Å². The third-order valence-corrected chi connectivity index (χ3v) is 8.01. The minimum atomic E-state index is -1.06. The Bertz CT molecular complexity index is 1360. The molecule has 3 saturated heterocycles. The SMILES string of the molecule is Cc1cc(N2CC[C@](C)(c3ccccc3)C2)cn2nc(C(=O)N3CCC4(COCC(C(=O)O)O4)C3)nc12.